The largest absolute Gasteiger partial charge is 0.457 e. The van der Waals surface area contributed by atoms with E-state index in [0.717, 1.165) is 23.5 Å². The fourth-order valence-corrected chi connectivity index (χ4v) is 5.80. The summed E-state index contributed by atoms with van der Waals surface area (Å²) in [5.74, 6) is 4.02. The lowest BCUT2D eigenvalue weighted by atomic mass is 9.56. The summed E-state index contributed by atoms with van der Waals surface area (Å²) in [6.45, 7) is 4.76. The first-order chi connectivity index (χ1) is 13.5. The number of non-ortho nitro benzene ring substituents is 1. The van der Waals surface area contributed by atoms with Crippen molar-refractivity contribution in [1.29, 1.82) is 0 Å². The molecule has 148 valence electrons. The van der Waals surface area contributed by atoms with Crippen molar-refractivity contribution >= 4 is 5.69 Å². The van der Waals surface area contributed by atoms with E-state index < -0.39 is 4.92 Å². The summed E-state index contributed by atoms with van der Waals surface area (Å²) in [5.41, 5.74) is 1.82. The molecular formula is C24H29NO3. The molecule has 2 atom stereocenters. The van der Waals surface area contributed by atoms with Crippen LogP contribution in [0.15, 0.2) is 48.5 Å². The molecule has 28 heavy (non-hydrogen) atoms. The first-order valence-corrected chi connectivity index (χ1v) is 10.5. The smallest absolute Gasteiger partial charge is 0.269 e. The second kappa shape index (κ2) is 7.57. The van der Waals surface area contributed by atoms with Crippen LogP contribution in [-0.4, -0.2) is 4.92 Å². The lowest BCUT2D eigenvalue weighted by Crippen LogP contribution is -2.40. The Morgan fingerprint density at radius 1 is 0.964 bits per heavy atom. The zero-order chi connectivity index (χ0) is 19.7. The second-order valence-electron chi connectivity index (χ2n) is 8.96. The molecule has 0 aromatic heterocycles. The molecule has 2 bridgehead atoms. The fraction of sp³-hybridized carbons (Fsp3) is 0.500. The summed E-state index contributed by atoms with van der Waals surface area (Å²) < 4.78 is 5.89. The van der Waals surface area contributed by atoms with Gasteiger partial charge in [0.05, 0.1) is 4.92 Å². The van der Waals surface area contributed by atoms with E-state index in [1.807, 2.05) is 12.1 Å². The first-order valence-electron chi connectivity index (χ1n) is 10.5. The highest BCUT2D eigenvalue weighted by molar-refractivity contribution is 5.40. The fourth-order valence-electron chi connectivity index (χ4n) is 5.80. The molecule has 0 saturated heterocycles. The molecular weight excluding hydrogens is 350 g/mol. The Morgan fingerprint density at radius 3 is 2.00 bits per heavy atom. The van der Waals surface area contributed by atoms with E-state index >= 15 is 0 Å². The maximum absolute atomic E-state index is 10.8. The van der Waals surface area contributed by atoms with Crippen LogP contribution in [0.5, 0.6) is 11.5 Å². The van der Waals surface area contributed by atoms with E-state index in [2.05, 4.69) is 26.0 Å². The number of nitrogens with zero attached hydrogens (tertiary/aromatic N) is 1. The van der Waals surface area contributed by atoms with E-state index in [-0.39, 0.29) is 5.69 Å². The highest BCUT2D eigenvalue weighted by Crippen LogP contribution is 2.53. The van der Waals surface area contributed by atoms with Crippen molar-refractivity contribution in [3.63, 3.8) is 0 Å². The Kier molecular flexibility index (Phi) is 5.13. The van der Waals surface area contributed by atoms with Crippen LogP contribution in [0.1, 0.15) is 57.9 Å². The maximum Gasteiger partial charge on any atom is 0.269 e. The highest BCUT2D eigenvalue weighted by Gasteiger charge is 2.43. The summed E-state index contributed by atoms with van der Waals surface area (Å²) in [5, 5.41) is 10.8. The summed E-state index contributed by atoms with van der Waals surface area (Å²) in [4.78, 5) is 10.4. The van der Waals surface area contributed by atoms with E-state index in [9.17, 15) is 10.1 Å². The summed E-state index contributed by atoms with van der Waals surface area (Å²) in [6, 6.07) is 14.8. The van der Waals surface area contributed by atoms with Gasteiger partial charge in [-0.05, 0) is 91.5 Å². The van der Waals surface area contributed by atoms with Gasteiger partial charge >= 0.3 is 0 Å². The normalized spacial score (nSPS) is 29.3. The molecule has 0 spiro atoms. The summed E-state index contributed by atoms with van der Waals surface area (Å²) in [7, 11) is 0. The second-order valence-corrected chi connectivity index (χ2v) is 8.96. The average Bonchev–Trinajstić information content (AvgIpc) is 2.68. The van der Waals surface area contributed by atoms with Gasteiger partial charge < -0.3 is 4.74 Å². The molecule has 4 rings (SSSR count). The third-order valence-electron chi connectivity index (χ3n) is 6.92. The molecule has 4 nitrogen and oxygen atoms in total. The molecule has 2 aliphatic rings. The standard InChI is InChI=1S/C24H29NO3/c1-3-24(15-18-12-17(2)13-19(14-18)16-24)20-4-8-22(9-5-20)28-23-10-6-21(7-11-23)25(26)27/h4-11,17-19H,3,12-16H2,1-2H3. The van der Waals surface area contributed by atoms with Crippen LogP contribution in [0.2, 0.25) is 0 Å². The molecule has 2 aliphatic carbocycles. The van der Waals surface area contributed by atoms with E-state index in [1.54, 1.807) is 12.1 Å². The predicted octanol–water partition coefficient (Wildman–Crippen LogP) is 6.88. The van der Waals surface area contributed by atoms with Crippen LogP contribution in [0.25, 0.3) is 0 Å². The van der Waals surface area contributed by atoms with Crippen LogP contribution in [0.4, 0.5) is 5.69 Å². The molecule has 2 aromatic carbocycles. The predicted molar refractivity (Wildman–Crippen MR) is 111 cm³/mol. The zero-order valence-electron chi connectivity index (χ0n) is 16.8. The van der Waals surface area contributed by atoms with Crippen molar-refractivity contribution in [3.8, 4) is 11.5 Å². The van der Waals surface area contributed by atoms with Gasteiger partial charge in [0.1, 0.15) is 11.5 Å². The Labute approximate surface area is 167 Å². The number of hydrogen-bond donors (Lipinski definition) is 0. The van der Waals surface area contributed by atoms with Gasteiger partial charge in [0.15, 0.2) is 0 Å². The quantitative estimate of drug-likeness (QED) is 0.420. The zero-order valence-corrected chi connectivity index (χ0v) is 16.8. The van der Waals surface area contributed by atoms with Gasteiger partial charge in [0, 0.05) is 12.1 Å². The topological polar surface area (TPSA) is 52.4 Å². The van der Waals surface area contributed by atoms with E-state index in [1.165, 1.54) is 56.2 Å². The average molecular weight is 380 g/mol. The summed E-state index contributed by atoms with van der Waals surface area (Å²) >= 11 is 0. The Hall–Kier alpha value is -2.36. The van der Waals surface area contributed by atoms with Crippen molar-refractivity contribution in [3.05, 3.63) is 64.2 Å². The number of rotatable bonds is 5. The Balaban J connectivity index is 1.49. The molecule has 2 saturated carbocycles. The monoisotopic (exact) mass is 379 g/mol. The van der Waals surface area contributed by atoms with E-state index in [4.69, 9.17) is 4.74 Å². The molecule has 2 aromatic rings. The minimum atomic E-state index is -0.400. The Bertz CT molecular complexity index is 810. The van der Waals surface area contributed by atoms with Gasteiger partial charge in [-0.25, -0.2) is 0 Å². The van der Waals surface area contributed by atoms with Gasteiger partial charge in [0.2, 0.25) is 0 Å². The van der Waals surface area contributed by atoms with Crippen molar-refractivity contribution in [2.24, 2.45) is 17.8 Å². The SMILES string of the molecule is CCC1(c2ccc(Oc3ccc([N+](=O)[O-])cc3)cc2)CC2CC(C)CC(C2)C1. The number of benzene rings is 2. The first kappa shape index (κ1) is 19.0. The van der Waals surface area contributed by atoms with Gasteiger partial charge in [-0.1, -0.05) is 26.0 Å². The number of nitro groups is 1. The van der Waals surface area contributed by atoms with Crippen LogP contribution in [0, 0.1) is 27.9 Å². The highest BCUT2D eigenvalue weighted by atomic mass is 16.6. The van der Waals surface area contributed by atoms with Crippen LogP contribution in [0.3, 0.4) is 0 Å². The number of nitro benzene ring substituents is 1. The maximum atomic E-state index is 10.8. The van der Waals surface area contributed by atoms with E-state index in [0.29, 0.717) is 11.2 Å². The molecule has 0 amide bonds. The third kappa shape index (κ3) is 3.78. The van der Waals surface area contributed by atoms with Gasteiger partial charge in [0.25, 0.3) is 5.69 Å². The number of ether oxygens (including phenoxy) is 1. The molecule has 2 unspecified atom stereocenters. The van der Waals surface area contributed by atoms with Gasteiger partial charge in [-0.15, -0.1) is 0 Å². The van der Waals surface area contributed by atoms with Gasteiger partial charge in [-0.2, -0.15) is 0 Å². The molecule has 4 heteroatoms. The van der Waals surface area contributed by atoms with Crippen molar-refractivity contribution < 1.29 is 9.66 Å². The van der Waals surface area contributed by atoms with Crippen LogP contribution in [-0.2, 0) is 5.41 Å². The van der Waals surface area contributed by atoms with Crippen molar-refractivity contribution in [2.75, 3.05) is 0 Å². The van der Waals surface area contributed by atoms with Crippen LogP contribution >= 0.6 is 0 Å². The number of fused-ring (bicyclic) bond motifs is 2. The number of hydrogen-bond acceptors (Lipinski definition) is 3. The van der Waals surface area contributed by atoms with Crippen LogP contribution < -0.4 is 4.74 Å². The molecule has 2 fully saturated rings. The molecule has 0 radical (unpaired) electrons. The minimum absolute atomic E-state index is 0.0738. The van der Waals surface area contributed by atoms with Crippen molar-refractivity contribution in [2.45, 2.75) is 57.8 Å². The lowest BCUT2D eigenvalue weighted by Gasteiger charge is -2.49. The Morgan fingerprint density at radius 2 is 1.50 bits per heavy atom. The summed E-state index contributed by atoms with van der Waals surface area (Å²) in [6.07, 6.45) is 8.02. The van der Waals surface area contributed by atoms with Gasteiger partial charge in [-0.3, -0.25) is 10.1 Å². The third-order valence-corrected chi connectivity index (χ3v) is 6.92. The molecule has 0 aliphatic heterocycles. The molecule has 0 N–H and O–H groups in total. The van der Waals surface area contributed by atoms with Crippen molar-refractivity contribution in [1.82, 2.24) is 0 Å². The lowest BCUT2D eigenvalue weighted by molar-refractivity contribution is -0.384. The minimum Gasteiger partial charge on any atom is -0.457 e. The molecule has 0 heterocycles.